The highest BCUT2D eigenvalue weighted by atomic mass is 16.5. The number of hydrogen-bond donors (Lipinski definition) is 0. The second-order valence-electron chi connectivity index (χ2n) is 6.79. The number of anilines is 1. The molecule has 5 nitrogen and oxygen atoms in total. The highest BCUT2D eigenvalue weighted by Gasteiger charge is 2.30. The molecule has 1 atom stereocenters. The quantitative estimate of drug-likeness (QED) is 0.828. The summed E-state index contributed by atoms with van der Waals surface area (Å²) in [6, 6.07) is 17.9. The van der Waals surface area contributed by atoms with E-state index in [0.29, 0.717) is 0 Å². The number of likely N-dealkylation sites (N-methyl/N-ethyl adjacent to an activating group) is 1. The van der Waals surface area contributed by atoms with Gasteiger partial charge in [0.05, 0.1) is 7.11 Å². The average Bonchev–Trinajstić information content (AvgIpc) is 2.69. The van der Waals surface area contributed by atoms with Crippen molar-refractivity contribution in [3.8, 4) is 5.75 Å². The fourth-order valence-electron chi connectivity index (χ4n) is 3.45. The number of methoxy groups -OCH3 is 1. The zero-order chi connectivity index (χ0) is 18.5. The van der Waals surface area contributed by atoms with Gasteiger partial charge in [-0.2, -0.15) is 0 Å². The minimum absolute atomic E-state index is 0.176. The Kier molecular flexibility index (Phi) is 5.78. The fraction of sp³-hybridized carbons (Fsp3) is 0.381. The van der Waals surface area contributed by atoms with Gasteiger partial charge in [0.1, 0.15) is 11.8 Å². The van der Waals surface area contributed by atoms with Gasteiger partial charge in [0.2, 0.25) is 5.91 Å². The standard InChI is InChI=1S/C21H27N3O2/c1-22(2)20(17-7-5-4-6-8-17)21(25)24-15-13-23(14-16-24)18-9-11-19(26-3)12-10-18/h4-12,20H,13-16H2,1-3H3. The van der Waals surface area contributed by atoms with Crippen molar-refractivity contribution in [1.29, 1.82) is 0 Å². The summed E-state index contributed by atoms with van der Waals surface area (Å²) < 4.78 is 5.22. The van der Waals surface area contributed by atoms with E-state index in [-0.39, 0.29) is 11.9 Å². The molecule has 0 aromatic heterocycles. The number of hydrogen-bond acceptors (Lipinski definition) is 4. The molecule has 1 aliphatic rings. The van der Waals surface area contributed by atoms with Crippen molar-refractivity contribution < 1.29 is 9.53 Å². The van der Waals surface area contributed by atoms with E-state index in [1.807, 2.05) is 66.4 Å². The topological polar surface area (TPSA) is 36.0 Å². The van der Waals surface area contributed by atoms with E-state index in [4.69, 9.17) is 4.74 Å². The predicted molar refractivity (Wildman–Crippen MR) is 105 cm³/mol. The lowest BCUT2D eigenvalue weighted by molar-refractivity contribution is -0.136. The molecule has 1 fully saturated rings. The number of amides is 1. The normalized spacial score (nSPS) is 15.8. The Morgan fingerprint density at radius 3 is 2.12 bits per heavy atom. The van der Waals surface area contributed by atoms with Crippen LogP contribution in [-0.2, 0) is 4.79 Å². The molecule has 3 rings (SSSR count). The predicted octanol–water partition coefficient (Wildman–Crippen LogP) is 2.65. The Bertz CT molecular complexity index is 708. The molecule has 0 N–H and O–H groups in total. The Labute approximate surface area is 155 Å². The van der Waals surface area contributed by atoms with Crippen LogP contribution in [0.25, 0.3) is 0 Å². The summed E-state index contributed by atoms with van der Waals surface area (Å²) in [5, 5.41) is 0. The summed E-state index contributed by atoms with van der Waals surface area (Å²) >= 11 is 0. The Morgan fingerprint density at radius 2 is 1.58 bits per heavy atom. The third-order valence-corrected chi connectivity index (χ3v) is 4.89. The summed E-state index contributed by atoms with van der Waals surface area (Å²) in [6.45, 7) is 3.16. The van der Waals surface area contributed by atoms with Crippen molar-refractivity contribution in [2.24, 2.45) is 0 Å². The molecule has 1 saturated heterocycles. The van der Waals surface area contributed by atoms with Gasteiger partial charge < -0.3 is 14.5 Å². The van der Waals surface area contributed by atoms with Gasteiger partial charge in [-0.1, -0.05) is 30.3 Å². The van der Waals surface area contributed by atoms with E-state index in [9.17, 15) is 4.79 Å². The lowest BCUT2D eigenvalue weighted by atomic mass is 10.0. The monoisotopic (exact) mass is 353 g/mol. The molecule has 138 valence electrons. The molecule has 2 aromatic carbocycles. The maximum atomic E-state index is 13.1. The van der Waals surface area contributed by atoms with Gasteiger partial charge in [0.15, 0.2) is 0 Å². The summed E-state index contributed by atoms with van der Waals surface area (Å²) in [5.41, 5.74) is 2.21. The van der Waals surface area contributed by atoms with Crippen LogP contribution in [0.1, 0.15) is 11.6 Å². The first kappa shape index (κ1) is 18.3. The third kappa shape index (κ3) is 3.99. The van der Waals surface area contributed by atoms with Crippen LogP contribution < -0.4 is 9.64 Å². The fourth-order valence-corrected chi connectivity index (χ4v) is 3.45. The molecule has 1 aliphatic heterocycles. The van der Waals surface area contributed by atoms with Crippen LogP contribution in [0.5, 0.6) is 5.75 Å². The van der Waals surface area contributed by atoms with Crippen LogP contribution in [0.4, 0.5) is 5.69 Å². The maximum absolute atomic E-state index is 13.1. The van der Waals surface area contributed by atoms with E-state index in [1.165, 1.54) is 5.69 Å². The van der Waals surface area contributed by atoms with Crippen LogP contribution in [0, 0.1) is 0 Å². The minimum atomic E-state index is -0.233. The molecule has 26 heavy (non-hydrogen) atoms. The first-order valence-electron chi connectivity index (χ1n) is 8.99. The molecule has 0 aliphatic carbocycles. The van der Waals surface area contributed by atoms with Gasteiger partial charge in [-0.3, -0.25) is 9.69 Å². The van der Waals surface area contributed by atoms with Gasteiger partial charge in [-0.15, -0.1) is 0 Å². The van der Waals surface area contributed by atoms with E-state index in [1.54, 1.807) is 7.11 Å². The van der Waals surface area contributed by atoms with Crippen molar-refractivity contribution >= 4 is 11.6 Å². The summed E-state index contributed by atoms with van der Waals surface area (Å²) in [4.78, 5) is 19.4. The molecule has 1 unspecified atom stereocenters. The lowest BCUT2D eigenvalue weighted by Gasteiger charge is -2.38. The molecule has 1 amide bonds. The molecule has 0 saturated carbocycles. The van der Waals surface area contributed by atoms with Crippen LogP contribution >= 0.6 is 0 Å². The Hall–Kier alpha value is -2.53. The largest absolute Gasteiger partial charge is 0.497 e. The second-order valence-corrected chi connectivity index (χ2v) is 6.79. The summed E-state index contributed by atoms with van der Waals surface area (Å²) in [5.74, 6) is 1.04. The highest BCUT2D eigenvalue weighted by molar-refractivity contribution is 5.83. The number of benzene rings is 2. The van der Waals surface area contributed by atoms with Crippen molar-refractivity contribution in [3.05, 3.63) is 60.2 Å². The van der Waals surface area contributed by atoms with Crippen LogP contribution in [0.3, 0.4) is 0 Å². The smallest absolute Gasteiger partial charge is 0.244 e. The first-order chi connectivity index (χ1) is 12.6. The first-order valence-corrected chi connectivity index (χ1v) is 8.99. The summed E-state index contributed by atoms with van der Waals surface area (Å²) in [6.07, 6.45) is 0. The number of ether oxygens (including phenoxy) is 1. The summed E-state index contributed by atoms with van der Waals surface area (Å²) in [7, 11) is 5.60. The van der Waals surface area contributed by atoms with Crippen molar-refractivity contribution in [3.63, 3.8) is 0 Å². The molecule has 1 heterocycles. The van der Waals surface area contributed by atoms with Gasteiger partial charge in [0, 0.05) is 31.9 Å². The Morgan fingerprint density at radius 1 is 0.962 bits per heavy atom. The number of rotatable bonds is 5. The average molecular weight is 353 g/mol. The molecule has 5 heteroatoms. The van der Waals surface area contributed by atoms with Gasteiger partial charge in [-0.05, 0) is 43.9 Å². The molecule has 0 bridgehead atoms. The van der Waals surface area contributed by atoms with Crippen LogP contribution in [0.2, 0.25) is 0 Å². The molecular weight excluding hydrogens is 326 g/mol. The molecule has 2 aromatic rings. The van der Waals surface area contributed by atoms with Gasteiger partial charge in [0.25, 0.3) is 0 Å². The zero-order valence-electron chi connectivity index (χ0n) is 15.8. The van der Waals surface area contributed by atoms with Gasteiger partial charge in [-0.25, -0.2) is 0 Å². The second kappa shape index (κ2) is 8.23. The van der Waals surface area contributed by atoms with Crippen molar-refractivity contribution in [2.75, 3.05) is 52.3 Å². The molecule has 0 spiro atoms. The SMILES string of the molecule is COc1ccc(N2CCN(C(=O)C(c3ccccc3)N(C)C)CC2)cc1. The maximum Gasteiger partial charge on any atom is 0.244 e. The molecular formula is C21H27N3O2. The molecule has 0 radical (unpaired) electrons. The van der Waals surface area contributed by atoms with Crippen molar-refractivity contribution in [2.45, 2.75) is 6.04 Å². The van der Waals surface area contributed by atoms with Crippen LogP contribution in [-0.4, -0.2) is 63.1 Å². The Balaban J connectivity index is 1.65. The number of piperazine rings is 1. The van der Waals surface area contributed by atoms with Crippen molar-refractivity contribution in [1.82, 2.24) is 9.80 Å². The minimum Gasteiger partial charge on any atom is -0.497 e. The van der Waals surface area contributed by atoms with E-state index < -0.39 is 0 Å². The zero-order valence-corrected chi connectivity index (χ0v) is 15.8. The number of carbonyl (C=O) groups is 1. The van der Waals surface area contributed by atoms with E-state index in [2.05, 4.69) is 17.0 Å². The lowest BCUT2D eigenvalue weighted by Crippen LogP contribution is -2.51. The van der Waals surface area contributed by atoms with Crippen LogP contribution in [0.15, 0.2) is 54.6 Å². The van der Waals surface area contributed by atoms with E-state index in [0.717, 1.165) is 37.5 Å². The number of carbonyl (C=O) groups excluding carboxylic acids is 1. The highest BCUT2D eigenvalue weighted by Crippen LogP contribution is 2.24. The van der Waals surface area contributed by atoms with E-state index >= 15 is 0 Å². The number of nitrogens with zero attached hydrogens (tertiary/aromatic N) is 3. The van der Waals surface area contributed by atoms with Gasteiger partial charge >= 0.3 is 0 Å². The third-order valence-electron chi connectivity index (χ3n) is 4.89.